The SMILES string of the molecule is O=Cc1ccc2c(c1)CCC(=O)N2. The summed E-state index contributed by atoms with van der Waals surface area (Å²) in [6.45, 7) is 0. The zero-order valence-corrected chi connectivity index (χ0v) is 7.04. The molecule has 1 N–H and O–H groups in total. The first-order chi connectivity index (χ1) is 6.29. The van der Waals surface area contributed by atoms with Gasteiger partial charge in [0.05, 0.1) is 0 Å². The second-order valence-corrected chi connectivity index (χ2v) is 3.08. The van der Waals surface area contributed by atoms with Crippen LogP contribution in [0.1, 0.15) is 22.3 Å². The fraction of sp³-hybridized carbons (Fsp3) is 0.200. The molecule has 3 nitrogen and oxygen atoms in total. The minimum absolute atomic E-state index is 0.0475. The Bertz CT molecular complexity index is 371. The van der Waals surface area contributed by atoms with Gasteiger partial charge in [-0.25, -0.2) is 0 Å². The largest absolute Gasteiger partial charge is 0.326 e. The third-order valence-corrected chi connectivity index (χ3v) is 2.16. The van der Waals surface area contributed by atoms with Gasteiger partial charge in [-0.3, -0.25) is 9.59 Å². The summed E-state index contributed by atoms with van der Waals surface area (Å²) in [5, 5.41) is 2.76. The van der Waals surface area contributed by atoms with Crippen LogP contribution in [0, 0.1) is 0 Å². The number of hydrogen-bond acceptors (Lipinski definition) is 2. The molecule has 1 aromatic rings. The van der Waals surface area contributed by atoms with Crippen molar-refractivity contribution in [3.05, 3.63) is 29.3 Å². The van der Waals surface area contributed by atoms with Crippen LogP contribution in [0.25, 0.3) is 0 Å². The van der Waals surface area contributed by atoms with Gasteiger partial charge in [-0.2, -0.15) is 0 Å². The van der Waals surface area contributed by atoms with Crippen molar-refractivity contribution in [2.75, 3.05) is 5.32 Å². The molecule has 0 aromatic heterocycles. The summed E-state index contributed by atoms with van der Waals surface area (Å²) < 4.78 is 0. The number of hydrogen-bond donors (Lipinski definition) is 1. The molecule has 0 fully saturated rings. The average Bonchev–Trinajstić information content (AvgIpc) is 2.17. The number of nitrogens with one attached hydrogen (secondary N) is 1. The van der Waals surface area contributed by atoms with E-state index in [0.29, 0.717) is 12.0 Å². The summed E-state index contributed by atoms with van der Waals surface area (Å²) in [5.74, 6) is 0.0475. The lowest BCUT2D eigenvalue weighted by Gasteiger charge is -2.16. The summed E-state index contributed by atoms with van der Waals surface area (Å²) in [6, 6.07) is 5.30. The molecular weight excluding hydrogens is 166 g/mol. The molecule has 0 saturated heterocycles. The Kier molecular flexibility index (Phi) is 1.85. The first-order valence-electron chi connectivity index (χ1n) is 4.17. The number of amides is 1. The second-order valence-electron chi connectivity index (χ2n) is 3.08. The van der Waals surface area contributed by atoms with Crippen LogP contribution in [0.5, 0.6) is 0 Å². The lowest BCUT2D eigenvalue weighted by Crippen LogP contribution is -2.18. The molecule has 2 rings (SSSR count). The highest BCUT2D eigenvalue weighted by atomic mass is 16.1. The molecule has 1 aromatic carbocycles. The van der Waals surface area contributed by atoms with E-state index in [1.165, 1.54) is 0 Å². The number of aldehydes is 1. The molecule has 0 atom stereocenters. The number of rotatable bonds is 1. The maximum Gasteiger partial charge on any atom is 0.224 e. The zero-order valence-electron chi connectivity index (χ0n) is 7.04. The Hall–Kier alpha value is -1.64. The second kappa shape index (κ2) is 3.01. The van der Waals surface area contributed by atoms with Gasteiger partial charge in [0.15, 0.2) is 0 Å². The summed E-state index contributed by atoms with van der Waals surface area (Å²) in [7, 11) is 0. The Morgan fingerprint density at radius 3 is 2.92 bits per heavy atom. The number of carbonyl (C=O) groups excluding carboxylic acids is 2. The number of fused-ring (bicyclic) bond motifs is 1. The van der Waals surface area contributed by atoms with E-state index >= 15 is 0 Å². The Labute approximate surface area is 75.8 Å². The van der Waals surface area contributed by atoms with E-state index in [-0.39, 0.29) is 5.91 Å². The zero-order chi connectivity index (χ0) is 9.26. The quantitative estimate of drug-likeness (QED) is 0.655. The summed E-state index contributed by atoms with van der Waals surface area (Å²) in [5.41, 5.74) is 2.54. The molecule has 66 valence electrons. The van der Waals surface area contributed by atoms with Gasteiger partial charge in [0.1, 0.15) is 6.29 Å². The van der Waals surface area contributed by atoms with E-state index in [9.17, 15) is 9.59 Å². The molecule has 1 aliphatic rings. The topological polar surface area (TPSA) is 46.2 Å². The molecule has 1 heterocycles. The van der Waals surface area contributed by atoms with Gasteiger partial charge in [0, 0.05) is 17.7 Å². The maximum absolute atomic E-state index is 11.0. The van der Waals surface area contributed by atoms with Crippen LogP contribution in [0.4, 0.5) is 5.69 Å². The molecule has 0 saturated carbocycles. The number of benzene rings is 1. The summed E-state index contributed by atoms with van der Waals surface area (Å²) in [4.78, 5) is 21.5. The molecule has 0 unspecified atom stereocenters. The first-order valence-corrected chi connectivity index (χ1v) is 4.17. The van der Waals surface area contributed by atoms with Crippen molar-refractivity contribution in [3.63, 3.8) is 0 Å². The standard InChI is InChI=1S/C10H9NO2/c12-6-7-1-3-9-8(5-7)2-4-10(13)11-9/h1,3,5-6H,2,4H2,(H,11,13). The van der Waals surface area contributed by atoms with Crippen molar-refractivity contribution in [2.24, 2.45) is 0 Å². The number of aryl methyl sites for hydroxylation is 1. The molecule has 1 amide bonds. The Balaban J connectivity index is 2.42. The third-order valence-electron chi connectivity index (χ3n) is 2.16. The Morgan fingerprint density at radius 2 is 2.15 bits per heavy atom. The van der Waals surface area contributed by atoms with Crippen LogP contribution in [0.15, 0.2) is 18.2 Å². The highest BCUT2D eigenvalue weighted by Gasteiger charge is 2.14. The van der Waals surface area contributed by atoms with Crippen LogP contribution in [0.3, 0.4) is 0 Å². The van der Waals surface area contributed by atoms with E-state index in [1.807, 2.05) is 6.07 Å². The van der Waals surface area contributed by atoms with Crippen molar-refractivity contribution in [1.29, 1.82) is 0 Å². The van der Waals surface area contributed by atoms with Gasteiger partial charge in [0.2, 0.25) is 5.91 Å². The molecule has 3 heteroatoms. The van der Waals surface area contributed by atoms with Crippen molar-refractivity contribution in [3.8, 4) is 0 Å². The van der Waals surface area contributed by atoms with E-state index in [0.717, 1.165) is 24.0 Å². The highest BCUT2D eigenvalue weighted by molar-refractivity contribution is 5.94. The van der Waals surface area contributed by atoms with Gasteiger partial charge in [0.25, 0.3) is 0 Å². The third kappa shape index (κ3) is 1.45. The molecule has 0 aliphatic carbocycles. The minimum Gasteiger partial charge on any atom is -0.326 e. The minimum atomic E-state index is 0.0475. The monoisotopic (exact) mass is 175 g/mol. The lowest BCUT2D eigenvalue weighted by atomic mass is 10.0. The van der Waals surface area contributed by atoms with Gasteiger partial charge in [-0.05, 0) is 30.2 Å². The van der Waals surface area contributed by atoms with Crippen LogP contribution in [0.2, 0.25) is 0 Å². The molecule has 13 heavy (non-hydrogen) atoms. The average molecular weight is 175 g/mol. The number of carbonyl (C=O) groups is 2. The number of anilines is 1. The Morgan fingerprint density at radius 1 is 1.31 bits per heavy atom. The van der Waals surface area contributed by atoms with E-state index in [1.54, 1.807) is 12.1 Å². The van der Waals surface area contributed by atoms with E-state index in [4.69, 9.17) is 0 Å². The van der Waals surface area contributed by atoms with Crippen molar-refractivity contribution < 1.29 is 9.59 Å². The van der Waals surface area contributed by atoms with Crippen LogP contribution < -0.4 is 5.32 Å². The van der Waals surface area contributed by atoms with Crippen LogP contribution in [-0.2, 0) is 11.2 Å². The fourth-order valence-electron chi connectivity index (χ4n) is 1.48. The van der Waals surface area contributed by atoms with Crippen LogP contribution >= 0.6 is 0 Å². The maximum atomic E-state index is 11.0. The molecule has 0 bridgehead atoms. The van der Waals surface area contributed by atoms with Gasteiger partial charge < -0.3 is 5.32 Å². The highest BCUT2D eigenvalue weighted by Crippen LogP contribution is 2.22. The predicted molar refractivity (Wildman–Crippen MR) is 48.8 cm³/mol. The van der Waals surface area contributed by atoms with Gasteiger partial charge in [-0.15, -0.1) is 0 Å². The van der Waals surface area contributed by atoms with Crippen molar-refractivity contribution >= 4 is 17.9 Å². The van der Waals surface area contributed by atoms with E-state index in [2.05, 4.69) is 5.32 Å². The summed E-state index contributed by atoms with van der Waals surface area (Å²) >= 11 is 0. The van der Waals surface area contributed by atoms with Crippen molar-refractivity contribution in [2.45, 2.75) is 12.8 Å². The fourth-order valence-corrected chi connectivity index (χ4v) is 1.48. The normalized spacial score (nSPS) is 14.6. The molecular formula is C10H9NO2. The molecule has 1 aliphatic heterocycles. The van der Waals surface area contributed by atoms with E-state index < -0.39 is 0 Å². The van der Waals surface area contributed by atoms with Gasteiger partial charge in [-0.1, -0.05) is 0 Å². The molecule has 0 radical (unpaired) electrons. The van der Waals surface area contributed by atoms with Crippen LogP contribution in [-0.4, -0.2) is 12.2 Å². The smallest absolute Gasteiger partial charge is 0.224 e. The molecule has 0 spiro atoms. The first kappa shape index (κ1) is 7.98. The van der Waals surface area contributed by atoms with Gasteiger partial charge >= 0.3 is 0 Å². The predicted octanol–water partition coefficient (Wildman–Crippen LogP) is 1.38. The van der Waals surface area contributed by atoms with Crippen molar-refractivity contribution in [1.82, 2.24) is 0 Å². The summed E-state index contributed by atoms with van der Waals surface area (Å²) in [6.07, 6.45) is 2.05. The lowest BCUT2D eigenvalue weighted by molar-refractivity contribution is -0.116.